The molecule has 2 aliphatic rings. The van der Waals surface area contributed by atoms with Crippen LogP contribution >= 0.6 is 8.09 Å². The summed E-state index contributed by atoms with van der Waals surface area (Å²) < 4.78 is 37.5. The third-order valence-corrected chi connectivity index (χ3v) is 11.6. The molecule has 0 amide bonds. The third kappa shape index (κ3) is 9.36. The van der Waals surface area contributed by atoms with E-state index in [2.05, 4.69) is 42.0 Å². The number of rotatable bonds is 15. The Morgan fingerprint density at radius 2 is 1.69 bits per heavy atom. The van der Waals surface area contributed by atoms with Crippen molar-refractivity contribution in [3.63, 3.8) is 0 Å². The molecule has 1 saturated heterocycles. The molecule has 55 heavy (non-hydrogen) atoms. The zero-order valence-corrected chi connectivity index (χ0v) is 33.6. The number of carbonyl (C=O) groups excluding carboxylic acids is 3. The van der Waals surface area contributed by atoms with Crippen LogP contribution in [-0.2, 0) is 48.9 Å². The summed E-state index contributed by atoms with van der Waals surface area (Å²) in [6, 6.07) is 11.3. The molecule has 0 spiro atoms. The molecule has 300 valence electrons. The van der Waals surface area contributed by atoms with Crippen LogP contribution in [0.1, 0.15) is 85.9 Å². The molecular weight excluding hydrogens is 731 g/mol. The van der Waals surface area contributed by atoms with Gasteiger partial charge in [-0.05, 0) is 0 Å². The van der Waals surface area contributed by atoms with Gasteiger partial charge in [0.25, 0.3) is 0 Å². The quantitative estimate of drug-likeness (QED) is 0.108. The fraction of sp³-hybridized carbons (Fsp3) is 0.579. The number of hydrogen-bond donors (Lipinski definition) is 3. The van der Waals surface area contributed by atoms with E-state index in [1.807, 2.05) is 12.1 Å². The van der Waals surface area contributed by atoms with Crippen molar-refractivity contribution >= 4 is 37.3 Å². The van der Waals surface area contributed by atoms with Gasteiger partial charge in [0, 0.05) is 0 Å². The van der Waals surface area contributed by atoms with Crippen LogP contribution in [0.4, 0.5) is 5.82 Å². The molecule has 0 radical (unpaired) electrons. The first-order valence-electron chi connectivity index (χ1n) is 18.6. The predicted octanol–water partition coefficient (Wildman–Crippen LogP) is 4.68. The van der Waals surface area contributed by atoms with Crippen molar-refractivity contribution in [3.05, 3.63) is 54.0 Å². The van der Waals surface area contributed by atoms with Crippen LogP contribution in [0.3, 0.4) is 0 Å². The number of esters is 3. The van der Waals surface area contributed by atoms with Gasteiger partial charge in [0.1, 0.15) is 0 Å². The van der Waals surface area contributed by atoms with Crippen LogP contribution in [0.15, 0.2) is 42.7 Å². The van der Waals surface area contributed by atoms with E-state index in [-0.39, 0.29) is 29.3 Å². The summed E-state index contributed by atoms with van der Waals surface area (Å²) in [6.07, 6.45) is -0.0909. The van der Waals surface area contributed by atoms with Gasteiger partial charge in [-0.15, -0.1) is 0 Å². The second kappa shape index (κ2) is 16.8. The molecule has 3 aromatic rings. The Labute approximate surface area is 321 Å². The first-order valence-corrected chi connectivity index (χ1v) is 20.3. The first-order chi connectivity index (χ1) is 25.9. The monoisotopic (exact) mass is 784 g/mol. The van der Waals surface area contributed by atoms with Gasteiger partial charge in [-0.25, -0.2) is 0 Å². The second-order valence-corrected chi connectivity index (χ2v) is 17.7. The van der Waals surface area contributed by atoms with Gasteiger partial charge in [0.15, 0.2) is 0 Å². The molecule has 5 rings (SSSR count). The summed E-state index contributed by atoms with van der Waals surface area (Å²) in [6.45, 7) is 13.9. The van der Waals surface area contributed by atoms with E-state index in [0.29, 0.717) is 11.4 Å². The number of nitrogens with two attached hydrogens (primary N) is 1. The van der Waals surface area contributed by atoms with E-state index >= 15 is 0 Å². The Balaban J connectivity index is 1.52. The Morgan fingerprint density at radius 1 is 1.04 bits per heavy atom. The zero-order valence-electron chi connectivity index (χ0n) is 32.6. The molecule has 5 atom stereocenters. The average molecular weight is 785 g/mol. The summed E-state index contributed by atoms with van der Waals surface area (Å²) in [5, 5.41) is 18.0. The van der Waals surface area contributed by atoms with Gasteiger partial charge in [-0.2, -0.15) is 0 Å². The molecule has 0 bridgehead atoms. The number of anilines is 1. The van der Waals surface area contributed by atoms with Gasteiger partial charge >= 0.3 is 322 Å². The number of benzene rings is 1. The second-order valence-electron chi connectivity index (χ2n) is 15.8. The minimum absolute atomic E-state index is 0.109. The van der Waals surface area contributed by atoms with Crippen molar-refractivity contribution in [2.45, 2.75) is 110 Å². The molecule has 1 aliphatic heterocycles. The number of hydrogen-bond acceptors (Lipinski definition) is 15. The summed E-state index contributed by atoms with van der Waals surface area (Å²) in [4.78, 5) is 55.7. The third-order valence-electron chi connectivity index (χ3n) is 9.73. The molecule has 0 unspecified atom stereocenters. The van der Waals surface area contributed by atoms with Crippen LogP contribution < -0.4 is 15.3 Å². The van der Waals surface area contributed by atoms with Crippen molar-refractivity contribution in [1.82, 2.24) is 19.7 Å². The molecule has 2 fully saturated rings. The predicted molar refractivity (Wildman–Crippen MR) is 202 cm³/mol. The standard InChI is InChI=1S/C38H53N6O10P/c1-22(2)34(45)51-31-29(53-38(20-39,32(31)52-35(46)23(3)4)30-17-16-28-33(40)41-21-42-44(28)30)19-50-55(48,43-24(5)36(47)49-18-25-10-9-11-25)54-27-14-12-26(13-15-27)37(6,7)8/h12-17,21-25,29,31-32,43,48,55H,9-11,18-19H2,1-8H3,(H2,40,41,42)/t24-,29+,31+,32+,38-/m0/s1. The Bertz CT molecular complexity index is 1890. The van der Waals surface area contributed by atoms with Gasteiger partial charge in [-0.3, -0.25) is 0 Å². The summed E-state index contributed by atoms with van der Waals surface area (Å²) in [5.41, 5.74) is 5.28. The molecule has 4 N–H and O–H groups in total. The van der Waals surface area contributed by atoms with E-state index in [1.165, 1.54) is 23.8 Å². The topological polar surface area (TPSA) is 219 Å². The van der Waals surface area contributed by atoms with Crippen LogP contribution in [0.2, 0.25) is 0 Å². The van der Waals surface area contributed by atoms with Crippen molar-refractivity contribution in [2.75, 3.05) is 18.9 Å². The molecule has 17 heteroatoms. The molecule has 16 nitrogen and oxygen atoms in total. The number of fused-ring (bicyclic) bond motifs is 1. The molecular formula is C38H53N6O10P. The van der Waals surface area contributed by atoms with Crippen LogP contribution in [0.5, 0.6) is 5.75 Å². The van der Waals surface area contributed by atoms with Crippen molar-refractivity contribution in [2.24, 2.45) is 17.8 Å². The average Bonchev–Trinajstić information content (AvgIpc) is 3.67. The number of nitrogens with one attached hydrogen (secondary N) is 1. The van der Waals surface area contributed by atoms with Gasteiger partial charge in [0.2, 0.25) is 0 Å². The SMILES string of the molecule is CC(C)C(=O)O[C@H]1[C@@H](OC(=O)C(C)C)[C@](C#N)(c2ccc3c(N)ncnn23)O[C@@H]1CO[PH](O)(N[C@@H](C)C(=O)OCC1CCC1)Oc1ccc(C(C)(C)C)cc1. The van der Waals surface area contributed by atoms with Gasteiger partial charge in [-0.1, -0.05) is 0 Å². The van der Waals surface area contributed by atoms with Crippen molar-refractivity contribution in [1.29, 1.82) is 5.26 Å². The number of nitrogens with zero attached hydrogens (tertiary/aromatic N) is 4. The van der Waals surface area contributed by atoms with Crippen LogP contribution in [-0.4, -0.2) is 75.0 Å². The van der Waals surface area contributed by atoms with Crippen LogP contribution in [0, 0.1) is 29.1 Å². The zero-order chi connectivity index (χ0) is 40.3. The Morgan fingerprint density at radius 3 is 2.27 bits per heavy atom. The molecule has 1 saturated carbocycles. The van der Waals surface area contributed by atoms with E-state index in [0.717, 1.165) is 24.8 Å². The number of nitrogen functional groups attached to an aromatic ring is 1. The maximum atomic E-state index is 13.3. The maximum absolute atomic E-state index is 13.3. The van der Waals surface area contributed by atoms with E-state index in [1.54, 1.807) is 45.9 Å². The molecule has 3 heterocycles. The number of ether oxygens (including phenoxy) is 4. The molecule has 2 aromatic heterocycles. The molecule has 1 aromatic carbocycles. The summed E-state index contributed by atoms with van der Waals surface area (Å²) >= 11 is 0. The Kier molecular flexibility index (Phi) is 12.7. The van der Waals surface area contributed by atoms with E-state index < -0.39 is 74.4 Å². The van der Waals surface area contributed by atoms with E-state index in [4.69, 9.17) is 33.7 Å². The number of carbonyl (C=O) groups is 3. The van der Waals surface area contributed by atoms with Gasteiger partial charge in [0.05, 0.1) is 0 Å². The fourth-order valence-corrected chi connectivity index (χ4v) is 7.84. The Hall–Kier alpha value is -4.39. The first kappa shape index (κ1) is 41.8. The van der Waals surface area contributed by atoms with Gasteiger partial charge < -0.3 is 0 Å². The number of aromatic nitrogens is 3. The van der Waals surface area contributed by atoms with Crippen molar-refractivity contribution < 1.29 is 47.3 Å². The number of nitriles is 1. The minimum atomic E-state index is -4.64. The summed E-state index contributed by atoms with van der Waals surface area (Å²) in [5.74, 6) is -2.59. The summed E-state index contributed by atoms with van der Waals surface area (Å²) in [7, 11) is -4.64. The normalized spacial score (nSPS) is 22.5. The van der Waals surface area contributed by atoms with Crippen LogP contribution in [0.25, 0.3) is 5.52 Å². The fourth-order valence-electron chi connectivity index (χ4n) is 6.13. The van der Waals surface area contributed by atoms with Crippen molar-refractivity contribution in [3.8, 4) is 11.8 Å². The van der Waals surface area contributed by atoms with E-state index in [9.17, 15) is 24.5 Å². The molecule has 1 aliphatic carbocycles.